The van der Waals surface area contributed by atoms with Gasteiger partial charge in [-0.15, -0.1) is 10.2 Å². The second-order valence-electron chi connectivity index (χ2n) is 5.22. The Labute approximate surface area is 118 Å². The molecule has 0 radical (unpaired) electrons. The highest BCUT2D eigenvalue weighted by Crippen LogP contribution is 2.26. The molecule has 1 saturated carbocycles. The van der Waals surface area contributed by atoms with Crippen LogP contribution in [0.4, 0.5) is 0 Å². The van der Waals surface area contributed by atoms with Crippen molar-refractivity contribution in [3.05, 3.63) is 41.1 Å². The summed E-state index contributed by atoms with van der Waals surface area (Å²) in [6.07, 6.45) is 2.56. The van der Waals surface area contributed by atoms with Crippen molar-refractivity contribution < 1.29 is 9.15 Å². The molecule has 1 aliphatic rings. The van der Waals surface area contributed by atoms with E-state index in [0.29, 0.717) is 24.4 Å². The lowest BCUT2D eigenvalue weighted by Gasteiger charge is -2.13. The third-order valence-corrected chi connectivity index (χ3v) is 3.36. The molecule has 0 amide bonds. The molecule has 20 heavy (non-hydrogen) atoms. The molecule has 2 aromatic rings. The molecule has 1 aromatic carbocycles. The maximum Gasteiger partial charge on any atom is 0.253 e. The van der Waals surface area contributed by atoms with Gasteiger partial charge in [-0.2, -0.15) is 0 Å². The number of para-hydroxylation sites is 1. The van der Waals surface area contributed by atoms with E-state index in [4.69, 9.17) is 9.15 Å². The number of nitrogens with one attached hydrogen (secondary N) is 1. The molecule has 1 N–H and O–H groups in total. The first-order valence-electron chi connectivity index (χ1n) is 6.96. The van der Waals surface area contributed by atoms with Gasteiger partial charge >= 0.3 is 0 Å². The Kier molecular flexibility index (Phi) is 3.69. The molecule has 0 spiro atoms. The van der Waals surface area contributed by atoms with Gasteiger partial charge in [0, 0.05) is 25.1 Å². The van der Waals surface area contributed by atoms with E-state index in [9.17, 15) is 0 Å². The highest BCUT2D eigenvalue weighted by molar-refractivity contribution is 5.40. The molecular formula is C15H19N3O2. The largest absolute Gasteiger partial charge is 0.483 e. The van der Waals surface area contributed by atoms with Gasteiger partial charge in [-0.05, 0) is 25.3 Å². The highest BCUT2D eigenvalue weighted by atomic mass is 16.5. The average molecular weight is 273 g/mol. The predicted octanol–water partition coefficient (Wildman–Crippen LogP) is 2.52. The minimum atomic E-state index is 0.308. The van der Waals surface area contributed by atoms with Gasteiger partial charge < -0.3 is 14.5 Å². The minimum absolute atomic E-state index is 0.308. The van der Waals surface area contributed by atoms with Crippen LogP contribution in [-0.2, 0) is 13.2 Å². The number of hydrogen-bond donors (Lipinski definition) is 1. The zero-order valence-electron chi connectivity index (χ0n) is 11.8. The average Bonchev–Trinajstić information content (AvgIpc) is 3.17. The molecule has 3 rings (SSSR count). The van der Waals surface area contributed by atoms with Crippen LogP contribution in [0.25, 0.3) is 0 Å². The molecule has 5 heteroatoms. The number of benzene rings is 1. The summed E-state index contributed by atoms with van der Waals surface area (Å²) in [6, 6.07) is 6.89. The van der Waals surface area contributed by atoms with Crippen molar-refractivity contribution in [1.82, 2.24) is 15.5 Å². The highest BCUT2D eigenvalue weighted by Gasteiger charge is 2.21. The third-order valence-electron chi connectivity index (χ3n) is 3.36. The Morgan fingerprint density at radius 1 is 1.30 bits per heavy atom. The molecule has 5 nitrogen and oxygen atoms in total. The summed E-state index contributed by atoms with van der Waals surface area (Å²) in [5, 5.41) is 11.3. The molecule has 0 atom stereocenters. The smallest absolute Gasteiger partial charge is 0.253 e. The Hall–Kier alpha value is -1.88. The van der Waals surface area contributed by atoms with E-state index in [1.807, 2.05) is 0 Å². The lowest BCUT2D eigenvalue weighted by atomic mass is 10.1. The summed E-state index contributed by atoms with van der Waals surface area (Å²) < 4.78 is 11.2. The summed E-state index contributed by atoms with van der Waals surface area (Å²) in [6.45, 7) is 4.97. The van der Waals surface area contributed by atoms with Gasteiger partial charge in [0.1, 0.15) is 5.75 Å². The fraction of sp³-hybridized carbons (Fsp3) is 0.467. The van der Waals surface area contributed by atoms with Crippen LogP contribution in [0, 0.1) is 13.8 Å². The molecule has 1 aliphatic carbocycles. The van der Waals surface area contributed by atoms with Gasteiger partial charge in [-0.3, -0.25) is 0 Å². The van der Waals surface area contributed by atoms with E-state index in [0.717, 1.165) is 17.9 Å². The number of rotatable bonds is 6. The van der Waals surface area contributed by atoms with Crippen LogP contribution in [-0.4, -0.2) is 16.2 Å². The van der Waals surface area contributed by atoms with E-state index in [-0.39, 0.29) is 0 Å². The monoisotopic (exact) mass is 273 g/mol. The quantitative estimate of drug-likeness (QED) is 0.876. The second-order valence-corrected chi connectivity index (χ2v) is 5.22. The van der Waals surface area contributed by atoms with Gasteiger partial charge in [0.15, 0.2) is 6.61 Å². The Morgan fingerprint density at radius 3 is 2.85 bits per heavy atom. The first-order valence-corrected chi connectivity index (χ1v) is 6.96. The molecule has 1 heterocycles. The summed E-state index contributed by atoms with van der Waals surface area (Å²) in [4.78, 5) is 0. The van der Waals surface area contributed by atoms with Crippen LogP contribution in [0.2, 0.25) is 0 Å². The molecule has 0 saturated heterocycles. The van der Waals surface area contributed by atoms with Gasteiger partial charge in [-0.25, -0.2) is 0 Å². The number of aromatic nitrogens is 2. The second kappa shape index (κ2) is 5.63. The SMILES string of the molecule is Cc1nnc(COc2c(C)cccc2CNC2CC2)o1. The van der Waals surface area contributed by atoms with Crippen LogP contribution < -0.4 is 10.1 Å². The van der Waals surface area contributed by atoms with Gasteiger partial charge in [0.2, 0.25) is 5.89 Å². The van der Waals surface area contributed by atoms with E-state index in [2.05, 4.69) is 40.6 Å². The van der Waals surface area contributed by atoms with Crippen LogP contribution >= 0.6 is 0 Å². The summed E-state index contributed by atoms with van der Waals surface area (Å²) in [5.41, 5.74) is 2.30. The third kappa shape index (κ3) is 3.17. The van der Waals surface area contributed by atoms with Gasteiger partial charge in [0.25, 0.3) is 5.89 Å². The summed E-state index contributed by atoms with van der Waals surface area (Å²) in [7, 11) is 0. The normalized spacial score (nSPS) is 14.5. The number of aryl methyl sites for hydroxylation is 2. The van der Waals surface area contributed by atoms with Gasteiger partial charge in [0.05, 0.1) is 0 Å². The molecule has 106 valence electrons. The van der Waals surface area contributed by atoms with E-state index in [1.165, 1.54) is 18.4 Å². The lowest BCUT2D eigenvalue weighted by Crippen LogP contribution is -2.16. The Bertz CT molecular complexity index is 591. The zero-order valence-corrected chi connectivity index (χ0v) is 11.8. The number of ether oxygens (including phenoxy) is 1. The van der Waals surface area contributed by atoms with E-state index in [1.54, 1.807) is 6.92 Å². The lowest BCUT2D eigenvalue weighted by molar-refractivity contribution is 0.256. The number of hydrogen-bond acceptors (Lipinski definition) is 5. The predicted molar refractivity (Wildman–Crippen MR) is 74.4 cm³/mol. The molecule has 0 bridgehead atoms. The standard InChI is InChI=1S/C15H19N3O2/c1-10-4-3-5-12(8-16-13-6-7-13)15(10)19-9-14-18-17-11(2)20-14/h3-5,13,16H,6-9H2,1-2H3. The molecule has 1 fully saturated rings. The molecule has 1 aromatic heterocycles. The molecule has 0 aliphatic heterocycles. The van der Waals surface area contributed by atoms with Crippen molar-refractivity contribution in [3.63, 3.8) is 0 Å². The van der Waals surface area contributed by atoms with Crippen molar-refractivity contribution in [2.45, 2.75) is 45.9 Å². The Morgan fingerprint density at radius 2 is 2.15 bits per heavy atom. The minimum Gasteiger partial charge on any atom is -0.483 e. The van der Waals surface area contributed by atoms with E-state index >= 15 is 0 Å². The Balaban J connectivity index is 1.69. The fourth-order valence-electron chi connectivity index (χ4n) is 2.13. The van der Waals surface area contributed by atoms with Crippen molar-refractivity contribution in [1.29, 1.82) is 0 Å². The topological polar surface area (TPSA) is 60.2 Å². The maximum atomic E-state index is 5.88. The fourth-order valence-corrected chi connectivity index (χ4v) is 2.13. The summed E-state index contributed by atoms with van der Waals surface area (Å²) in [5.74, 6) is 1.98. The van der Waals surface area contributed by atoms with Crippen molar-refractivity contribution in [2.75, 3.05) is 0 Å². The first kappa shape index (κ1) is 13.1. The van der Waals surface area contributed by atoms with E-state index < -0.39 is 0 Å². The van der Waals surface area contributed by atoms with Crippen molar-refractivity contribution >= 4 is 0 Å². The van der Waals surface area contributed by atoms with Crippen molar-refractivity contribution in [2.24, 2.45) is 0 Å². The van der Waals surface area contributed by atoms with Crippen LogP contribution in [0.15, 0.2) is 22.6 Å². The summed E-state index contributed by atoms with van der Waals surface area (Å²) >= 11 is 0. The van der Waals surface area contributed by atoms with Crippen LogP contribution in [0.5, 0.6) is 5.75 Å². The van der Waals surface area contributed by atoms with Crippen molar-refractivity contribution in [3.8, 4) is 5.75 Å². The number of nitrogens with zero attached hydrogens (tertiary/aromatic N) is 2. The van der Waals surface area contributed by atoms with Crippen LogP contribution in [0.3, 0.4) is 0 Å². The zero-order chi connectivity index (χ0) is 13.9. The van der Waals surface area contributed by atoms with Crippen LogP contribution in [0.1, 0.15) is 35.7 Å². The maximum absolute atomic E-state index is 5.88. The molecule has 0 unspecified atom stereocenters. The molecular weight excluding hydrogens is 254 g/mol. The van der Waals surface area contributed by atoms with Gasteiger partial charge in [-0.1, -0.05) is 18.2 Å². The first-order chi connectivity index (χ1) is 9.72.